The zero-order valence-corrected chi connectivity index (χ0v) is 11.1. The van der Waals surface area contributed by atoms with Crippen molar-refractivity contribution in [3.8, 4) is 0 Å². The van der Waals surface area contributed by atoms with Crippen molar-refractivity contribution < 1.29 is 4.79 Å². The number of carbonyl (C=O) groups is 1. The number of rotatable bonds is 1. The van der Waals surface area contributed by atoms with E-state index >= 15 is 0 Å². The summed E-state index contributed by atoms with van der Waals surface area (Å²) in [5.74, 6) is 2.59. The number of nitrogens with zero attached hydrogens (tertiary/aromatic N) is 4. The summed E-state index contributed by atoms with van der Waals surface area (Å²) < 4.78 is 0. The number of aromatic nitrogens is 2. The zero-order valence-electron chi connectivity index (χ0n) is 11.1. The van der Waals surface area contributed by atoms with E-state index in [1.165, 1.54) is 0 Å². The average Bonchev–Trinajstić information content (AvgIpc) is 2.89. The van der Waals surface area contributed by atoms with Crippen LogP contribution in [0.4, 0.5) is 5.82 Å². The molecule has 18 heavy (non-hydrogen) atoms. The fourth-order valence-electron chi connectivity index (χ4n) is 2.42. The third-order valence-corrected chi connectivity index (χ3v) is 3.54. The first-order chi connectivity index (χ1) is 8.49. The molecule has 2 aliphatic heterocycles. The second-order valence-corrected chi connectivity index (χ2v) is 5.24. The summed E-state index contributed by atoms with van der Waals surface area (Å²) in [5.41, 5.74) is 0.568. The maximum Gasteiger partial charge on any atom is 0.280 e. The number of imidazole rings is 1. The lowest BCUT2D eigenvalue weighted by Gasteiger charge is -2.30. The van der Waals surface area contributed by atoms with Crippen LogP contribution in [0.5, 0.6) is 0 Å². The molecule has 3 rings (SSSR count). The number of hydrogen-bond donors (Lipinski definition) is 1. The molecule has 3 heterocycles. The summed E-state index contributed by atoms with van der Waals surface area (Å²) in [5, 5.41) is 0. The van der Waals surface area contributed by atoms with Crippen molar-refractivity contribution in [2.45, 2.75) is 26.8 Å². The maximum atomic E-state index is 12.2. The van der Waals surface area contributed by atoms with E-state index in [0.29, 0.717) is 11.6 Å². The first-order valence-electron chi connectivity index (χ1n) is 6.19. The summed E-state index contributed by atoms with van der Waals surface area (Å²) in [6.07, 6.45) is 0. The van der Waals surface area contributed by atoms with E-state index in [-0.39, 0.29) is 11.9 Å². The minimum Gasteiger partial charge on any atom is -0.336 e. The van der Waals surface area contributed by atoms with E-state index in [0.717, 1.165) is 24.1 Å². The molecule has 6 nitrogen and oxygen atoms in total. The van der Waals surface area contributed by atoms with Crippen LogP contribution in [0.25, 0.3) is 0 Å². The van der Waals surface area contributed by atoms with Gasteiger partial charge in [0, 0.05) is 7.05 Å². The average molecular weight is 247 g/mol. The van der Waals surface area contributed by atoms with E-state index in [1.807, 2.05) is 11.8 Å². The van der Waals surface area contributed by atoms with Crippen LogP contribution in [0.2, 0.25) is 0 Å². The predicted molar refractivity (Wildman–Crippen MR) is 68.8 cm³/mol. The molecule has 96 valence electrons. The van der Waals surface area contributed by atoms with Crippen LogP contribution in [0.15, 0.2) is 4.99 Å². The molecule has 1 N–H and O–H groups in total. The molecule has 1 amide bonds. The number of carbonyl (C=O) groups excluding carboxylic acids is 1. The SMILES string of the molecule is Cc1nc2c([nH]1)C(=O)N(C)C1=NC(C(C)C)CN12. The van der Waals surface area contributed by atoms with Crippen LogP contribution in [0.3, 0.4) is 0 Å². The molecule has 0 saturated heterocycles. The fraction of sp³-hybridized carbons (Fsp3) is 0.583. The monoisotopic (exact) mass is 247 g/mol. The Kier molecular flexibility index (Phi) is 2.23. The number of amides is 1. The van der Waals surface area contributed by atoms with E-state index in [1.54, 1.807) is 11.9 Å². The summed E-state index contributed by atoms with van der Waals surface area (Å²) in [7, 11) is 1.76. The zero-order chi connectivity index (χ0) is 13.0. The Hall–Kier alpha value is -1.85. The Morgan fingerprint density at radius 3 is 2.83 bits per heavy atom. The van der Waals surface area contributed by atoms with Gasteiger partial charge in [0.1, 0.15) is 11.5 Å². The van der Waals surface area contributed by atoms with E-state index in [4.69, 9.17) is 0 Å². The van der Waals surface area contributed by atoms with E-state index < -0.39 is 0 Å². The van der Waals surface area contributed by atoms with Crippen LogP contribution < -0.4 is 4.90 Å². The van der Waals surface area contributed by atoms with Gasteiger partial charge in [-0.2, -0.15) is 0 Å². The van der Waals surface area contributed by atoms with Crippen LogP contribution >= 0.6 is 0 Å². The van der Waals surface area contributed by atoms with Gasteiger partial charge in [0.25, 0.3) is 5.91 Å². The maximum absolute atomic E-state index is 12.2. The topological polar surface area (TPSA) is 64.6 Å². The highest BCUT2D eigenvalue weighted by atomic mass is 16.2. The largest absolute Gasteiger partial charge is 0.336 e. The highest BCUT2D eigenvalue weighted by molar-refractivity contribution is 6.17. The van der Waals surface area contributed by atoms with Gasteiger partial charge in [-0.05, 0) is 12.8 Å². The van der Waals surface area contributed by atoms with Crippen molar-refractivity contribution in [3.05, 3.63) is 11.5 Å². The molecule has 0 aliphatic carbocycles. The normalized spacial score (nSPS) is 22.4. The van der Waals surface area contributed by atoms with Crippen LogP contribution in [-0.4, -0.2) is 46.4 Å². The number of hydrogen-bond acceptors (Lipinski definition) is 4. The Bertz CT molecular complexity index is 545. The van der Waals surface area contributed by atoms with Gasteiger partial charge in [0.15, 0.2) is 5.82 Å². The highest BCUT2D eigenvalue weighted by Crippen LogP contribution is 2.30. The lowest BCUT2D eigenvalue weighted by Crippen LogP contribution is -2.48. The van der Waals surface area contributed by atoms with Gasteiger partial charge in [-0.1, -0.05) is 13.8 Å². The fourth-order valence-corrected chi connectivity index (χ4v) is 2.42. The highest BCUT2D eigenvalue weighted by Gasteiger charge is 2.41. The Morgan fingerprint density at radius 1 is 1.44 bits per heavy atom. The number of fused-ring (bicyclic) bond motifs is 3. The molecule has 1 aromatic rings. The van der Waals surface area contributed by atoms with Crippen molar-refractivity contribution in [2.75, 3.05) is 18.5 Å². The molecule has 1 unspecified atom stereocenters. The predicted octanol–water partition coefficient (Wildman–Crippen LogP) is 1.00. The molecule has 0 bridgehead atoms. The van der Waals surface area contributed by atoms with Crippen molar-refractivity contribution in [2.24, 2.45) is 10.9 Å². The summed E-state index contributed by atoms with van der Waals surface area (Å²) in [6.45, 7) is 6.94. The van der Waals surface area contributed by atoms with Crippen LogP contribution in [0, 0.1) is 12.8 Å². The van der Waals surface area contributed by atoms with Gasteiger partial charge in [0.05, 0.1) is 12.6 Å². The Balaban J connectivity index is 2.09. The van der Waals surface area contributed by atoms with Crippen LogP contribution in [0.1, 0.15) is 30.2 Å². The van der Waals surface area contributed by atoms with E-state index in [2.05, 4.69) is 28.8 Å². The molecule has 0 fully saturated rings. The molecule has 0 aromatic carbocycles. The van der Waals surface area contributed by atoms with Gasteiger partial charge in [-0.25, -0.2) is 9.98 Å². The van der Waals surface area contributed by atoms with Crippen molar-refractivity contribution in [3.63, 3.8) is 0 Å². The quantitative estimate of drug-likeness (QED) is 0.805. The van der Waals surface area contributed by atoms with E-state index in [9.17, 15) is 4.79 Å². The molecule has 6 heteroatoms. The molecular formula is C12H17N5O. The van der Waals surface area contributed by atoms with Gasteiger partial charge in [-0.3, -0.25) is 14.6 Å². The summed E-state index contributed by atoms with van der Waals surface area (Å²) in [4.78, 5) is 27.9. The standard InChI is InChI=1S/C12H17N5O/c1-6(2)8-5-17-10-9(13-7(3)14-10)11(18)16(4)12(17)15-8/h6,8H,5H2,1-4H3,(H,13,14). The smallest absolute Gasteiger partial charge is 0.280 e. The Labute approximate surface area is 106 Å². The van der Waals surface area contributed by atoms with Crippen molar-refractivity contribution in [1.82, 2.24) is 14.9 Å². The lowest BCUT2D eigenvalue weighted by molar-refractivity contribution is 0.0860. The third-order valence-electron chi connectivity index (χ3n) is 3.54. The Morgan fingerprint density at radius 2 is 2.17 bits per heavy atom. The number of anilines is 1. The number of nitrogens with one attached hydrogen (secondary N) is 1. The number of aliphatic imine (C=N–C) groups is 1. The molecule has 0 radical (unpaired) electrons. The third kappa shape index (κ3) is 1.38. The molecule has 2 aliphatic rings. The lowest BCUT2D eigenvalue weighted by atomic mass is 10.1. The van der Waals surface area contributed by atoms with Crippen LogP contribution in [-0.2, 0) is 0 Å². The van der Waals surface area contributed by atoms with Gasteiger partial charge in [0.2, 0.25) is 5.96 Å². The first kappa shape index (κ1) is 11.3. The summed E-state index contributed by atoms with van der Waals surface area (Å²) in [6, 6.07) is 0.221. The first-order valence-corrected chi connectivity index (χ1v) is 6.19. The second-order valence-electron chi connectivity index (χ2n) is 5.24. The minimum absolute atomic E-state index is 0.0648. The molecule has 0 spiro atoms. The summed E-state index contributed by atoms with van der Waals surface area (Å²) >= 11 is 0. The van der Waals surface area contributed by atoms with Gasteiger partial charge >= 0.3 is 0 Å². The minimum atomic E-state index is -0.0648. The molecule has 1 aromatic heterocycles. The number of aryl methyl sites for hydroxylation is 1. The second kappa shape index (κ2) is 3.57. The number of aromatic amines is 1. The van der Waals surface area contributed by atoms with Gasteiger partial charge in [-0.15, -0.1) is 0 Å². The number of guanidine groups is 1. The van der Waals surface area contributed by atoms with Crippen molar-refractivity contribution >= 4 is 17.7 Å². The molecule has 1 atom stereocenters. The molecular weight excluding hydrogens is 230 g/mol. The number of H-pyrrole nitrogens is 1. The van der Waals surface area contributed by atoms with Gasteiger partial charge < -0.3 is 4.98 Å². The molecule has 0 saturated carbocycles. The van der Waals surface area contributed by atoms with Crippen molar-refractivity contribution in [1.29, 1.82) is 0 Å².